The van der Waals surface area contributed by atoms with Gasteiger partial charge >= 0.3 is 0 Å². The van der Waals surface area contributed by atoms with E-state index in [1.165, 1.54) is 28.3 Å². The summed E-state index contributed by atoms with van der Waals surface area (Å²) in [5.74, 6) is -0.793. The summed E-state index contributed by atoms with van der Waals surface area (Å²) < 4.78 is 21.7. The number of methoxy groups -OCH3 is 3. The molecule has 1 aliphatic rings. The SMILES string of the molecule is COCC1OC(OC)C(NC(C)=O)C(OC)[C@@H]1NC(=O)CN=[N+]=[N-]. The van der Waals surface area contributed by atoms with E-state index in [0.717, 1.165) is 0 Å². The average Bonchev–Trinajstić information content (AvgIpc) is 2.54. The predicted octanol–water partition coefficient (Wildman–Crippen LogP) is -0.681. The summed E-state index contributed by atoms with van der Waals surface area (Å²) in [6, 6.07) is -1.28. The first-order valence-electron chi connectivity index (χ1n) is 7.25. The van der Waals surface area contributed by atoms with Crippen LogP contribution < -0.4 is 10.6 Å². The van der Waals surface area contributed by atoms with Crippen molar-refractivity contribution in [1.82, 2.24) is 10.6 Å². The van der Waals surface area contributed by atoms with Gasteiger partial charge in [0.25, 0.3) is 0 Å². The first kappa shape index (κ1) is 20.1. The van der Waals surface area contributed by atoms with Crippen molar-refractivity contribution in [3.63, 3.8) is 0 Å². The minimum absolute atomic E-state index is 0.166. The largest absolute Gasteiger partial charge is 0.382 e. The van der Waals surface area contributed by atoms with E-state index in [2.05, 4.69) is 20.7 Å². The molecule has 0 aromatic carbocycles. The zero-order chi connectivity index (χ0) is 18.1. The summed E-state index contributed by atoms with van der Waals surface area (Å²) >= 11 is 0. The number of azide groups is 1. The van der Waals surface area contributed by atoms with E-state index in [-0.39, 0.29) is 19.1 Å². The maximum Gasteiger partial charge on any atom is 0.226 e. The zero-order valence-electron chi connectivity index (χ0n) is 14.1. The molecule has 136 valence electrons. The first-order valence-corrected chi connectivity index (χ1v) is 7.25. The monoisotopic (exact) mass is 345 g/mol. The highest BCUT2D eigenvalue weighted by Gasteiger charge is 2.47. The van der Waals surface area contributed by atoms with Crippen molar-refractivity contribution >= 4 is 11.8 Å². The van der Waals surface area contributed by atoms with Gasteiger partial charge in [0, 0.05) is 33.2 Å². The molecule has 2 amide bonds. The molecule has 0 bridgehead atoms. The molecule has 11 nitrogen and oxygen atoms in total. The van der Waals surface area contributed by atoms with Crippen molar-refractivity contribution in [3.8, 4) is 0 Å². The normalized spacial score (nSPS) is 29.4. The van der Waals surface area contributed by atoms with Crippen molar-refractivity contribution in [1.29, 1.82) is 0 Å². The molecular weight excluding hydrogens is 322 g/mol. The Kier molecular flexibility index (Phi) is 8.44. The van der Waals surface area contributed by atoms with Gasteiger partial charge < -0.3 is 29.6 Å². The summed E-state index contributed by atoms with van der Waals surface area (Å²) in [4.78, 5) is 25.9. The molecule has 0 aromatic heterocycles. The highest BCUT2D eigenvalue weighted by Crippen LogP contribution is 2.24. The maximum atomic E-state index is 11.9. The first-order chi connectivity index (χ1) is 11.5. The van der Waals surface area contributed by atoms with Gasteiger partial charge in [-0.25, -0.2) is 0 Å². The number of amides is 2. The Morgan fingerprint density at radius 2 is 1.92 bits per heavy atom. The summed E-state index contributed by atoms with van der Waals surface area (Å²) in [7, 11) is 4.39. The van der Waals surface area contributed by atoms with Crippen LogP contribution in [0.5, 0.6) is 0 Å². The molecule has 1 heterocycles. The highest BCUT2D eigenvalue weighted by molar-refractivity contribution is 5.78. The molecule has 0 aromatic rings. The molecular formula is C13H23N5O6. The van der Waals surface area contributed by atoms with Crippen molar-refractivity contribution in [2.75, 3.05) is 34.5 Å². The Bertz CT molecular complexity index is 483. The fraction of sp³-hybridized carbons (Fsp3) is 0.846. The quantitative estimate of drug-likeness (QED) is 0.339. The van der Waals surface area contributed by atoms with E-state index in [1.54, 1.807) is 0 Å². The third-order valence-electron chi connectivity index (χ3n) is 3.52. The van der Waals surface area contributed by atoms with E-state index in [9.17, 15) is 9.59 Å². The van der Waals surface area contributed by atoms with Gasteiger partial charge in [-0.1, -0.05) is 5.11 Å². The second kappa shape index (κ2) is 10.1. The Hall–Kier alpha value is -1.91. The lowest BCUT2D eigenvalue weighted by molar-refractivity contribution is -0.242. The molecule has 11 heteroatoms. The molecule has 0 spiro atoms. The Morgan fingerprint density at radius 1 is 1.21 bits per heavy atom. The number of nitrogens with one attached hydrogen (secondary N) is 2. The molecule has 1 fully saturated rings. The van der Waals surface area contributed by atoms with Gasteiger partial charge in [0.15, 0.2) is 6.29 Å². The van der Waals surface area contributed by atoms with Crippen LogP contribution >= 0.6 is 0 Å². The standard InChI is InChI=1S/C13H23N5O6/c1-7(19)16-11-12(22-3)10(17-9(20)5-15-18-14)8(6-21-2)24-13(11)23-4/h8,10-13H,5-6H2,1-4H3,(H,16,19)(H,17,20)/t8?,10-,11?,12?,13?/m1/s1. The van der Waals surface area contributed by atoms with Crippen molar-refractivity contribution in [3.05, 3.63) is 10.4 Å². The van der Waals surface area contributed by atoms with Crippen LogP contribution in [0.2, 0.25) is 0 Å². The van der Waals surface area contributed by atoms with Crippen molar-refractivity contribution in [2.24, 2.45) is 5.11 Å². The van der Waals surface area contributed by atoms with Gasteiger partial charge in [-0.15, -0.1) is 0 Å². The van der Waals surface area contributed by atoms with Gasteiger partial charge in [-0.2, -0.15) is 0 Å². The zero-order valence-corrected chi connectivity index (χ0v) is 14.1. The Labute approximate surface area is 139 Å². The van der Waals surface area contributed by atoms with Crippen LogP contribution in [0.15, 0.2) is 5.11 Å². The van der Waals surface area contributed by atoms with Crippen LogP contribution in [0.3, 0.4) is 0 Å². The lowest BCUT2D eigenvalue weighted by atomic mass is 9.93. The summed E-state index contributed by atoms with van der Waals surface area (Å²) in [5.41, 5.74) is 8.31. The van der Waals surface area contributed by atoms with Crippen LogP contribution in [-0.4, -0.2) is 76.9 Å². The second-order valence-electron chi connectivity index (χ2n) is 5.14. The van der Waals surface area contributed by atoms with Gasteiger partial charge in [0.1, 0.15) is 24.8 Å². The maximum absolute atomic E-state index is 11.9. The number of hydrogen-bond acceptors (Lipinski definition) is 7. The van der Waals surface area contributed by atoms with Gasteiger partial charge in [-0.3, -0.25) is 9.59 Å². The average molecular weight is 345 g/mol. The van der Waals surface area contributed by atoms with Gasteiger partial charge in [0.05, 0.1) is 12.6 Å². The predicted molar refractivity (Wildman–Crippen MR) is 81.9 cm³/mol. The van der Waals surface area contributed by atoms with E-state index in [1.807, 2.05) is 0 Å². The minimum Gasteiger partial charge on any atom is -0.382 e. The Morgan fingerprint density at radius 3 is 2.42 bits per heavy atom. The lowest BCUT2D eigenvalue weighted by Crippen LogP contribution is -2.69. The van der Waals surface area contributed by atoms with Crippen molar-refractivity contribution < 1.29 is 28.5 Å². The molecule has 2 N–H and O–H groups in total. The van der Waals surface area contributed by atoms with Crippen LogP contribution in [-0.2, 0) is 28.5 Å². The number of hydrogen-bond donors (Lipinski definition) is 2. The molecule has 4 unspecified atom stereocenters. The Balaban J connectivity index is 3.03. The molecule has 1 rings (SSSR count). The summed E-state index contributed by atoms with van der Waals surface area (Å²) in [6.45, 7) is 1.16. The molecule has 5 atom stereocenters. The van der Waals surface area contributed by atoms with Gasteiger partial charge in [-0.05, 0) is 5.53 Å². The van der Waals surface area contributed by atoms with Crippen LogP contribution in [0.1, 0.15) is 6.92 Å². The summed E-state index contributed by atoms with van der Waals surface area (Å²) in [6.07, 6.45) is -1.99. The number of nitrogens with zero attached hydrogens (tertiary/aromatic N) is 3. The second-order valence-corrected chi connectivity index (χ2v) is 5.14. The minimum atomic E-state index is -0.774. The molecule has 1 saturated heterocycles. The number of carbonyl (C=O) groups excluding carboxylic acids is 2. The fourth-order valence-electron chi connectivity index (χ4n) is 2.62. The van der Waals surface area contributed by atoms with Crippen LogP contribution in [0.25, 0.3) is 10.4 Å². The van der Waals surface area contributed by atoms with Crippen LogP contribution in [0, 0.1) is 0 Å². The summed E-state index contributed by atoms with van der Waals surface area (Å²) in [5, 5.41) is 8.62. The fourth-order valence-corrected chi connectivity index (χ4v) is 2.62. The lowest BCUT2D eigenvalue weighted by Gasteiger charge is -2.45. The van der Waals surface area contributed by atoms with E-state index in [0.29, 0.717) is 0 Å². The number of ether oxygens (including phenoxy) is 4. The molecule has 24 heavy (non-hydrogen) atoms. The third kappa shape index (κ3) is 5.32. The molecule has 0 saturated carbocycles. The smallest absolute Gasteiger partial charge is 0.226 e. The van der Waals surface area contributed by atoms with Crippen LogP contribution in [0.4, 0.5) is 0 Å². The number of rotatable bonds is 8. The highest BCUT2D eigenvalue weighted by atomic mass is 16.7. The van der Waals surface area contributed by atoms with E-state index >= 15 is 0 Å². The van der Waals surface area contributed by atoms with Crippen molar-refractivity contribution in [2.45, 2.75) is 37.5 Å². The molecule has 0 aliphatic carbocycles. The molecule has 0 radical (unpaired) electrons. The van der Waals surface area contributed by atoms with E-state index < -0.39 is 36.5 Å². The number of carbonyl (C=O) groups is 2. The van der Waals surface area contributed by atoms with Gasteiger partial charge in [0.2, 0.25) is 11.8 Å². The topological polar surface area (TPSA) is 144 Å². The molecule has 1 aliphatic heterocycles. The van der Waals surface area contributed by atoms with E-state index in [4.69, 9.17) is 24.5 Å². The third-order valence-corrected chi connectivity index (χ3v) is 3.52.